The van der Waals surface area contributed by atoms with Gasteiger partial charge >= 0.3 is 6.03 Å². The average Bonchev–Trinajstić information content (AvgIpc) is 2.60. The summed E-state index contributed by atoms with van der Waals surface area (Å²) in [5.41, 5.74) is -2.08. The molecule has 2 amide bonds. The van der Waals surface area contributed by atoms with Crippen LogP contribution in [0.4, 0.5) is 9.18 Å². The van der Waals surface area contributed by atoms with Crippen molar-refractivity contribution in [2.24, 2.45) is 0 Å². The Kier molecular flexibility index (Phi) is 4.55. The number of aliphatic hydroxyl groups is 1. The SMILES string of the molecule is CC1C=CN([C@@H]2O[C@H](COC(C)C)[C@@H](O)[C@@]2(C)F)C(=O)N1. The van der Waals surface area contributed by atoms with Crippen LogP contribution in [0, 0.1) is 0 Å². The van der Waals surface area contributed by atoms with Gasteiger partial charge in [-0.05, 0) is 33.8 Å². The van der Waals surface area contributed by atoms with Crippen LogP contribution in [-0.4, -0.2) is 58.9 Å². The van der Waals surface area contributed by atoms with Crippen molar-refractivity contribution < 1.29 is 23.8 Å². The van der Waals surface area contributed by atoms with Gasteiger partial charge in [0.05, 0.1) is 12.7 Å². The van der Waals surface area contributed by atoms with E-state index in [1.165, 1.54) is 13.1 Å². The number of nitrogens with zero attached hydrogens (tertiary/aromatic N) is 1. The van der Waals surface area contributed by atoms with Crippen LogP contribution in [0.15, 0.2) is 12.3 Å². The van der Waals surface area contributed by atoms with E-state index in [9.17, 15) is 14.3 Å². The number of urea groups is 1. The molecule has 0 saturated carbocycles. The quantitative estimate of drug-likeness (QED) is 0.817. The zero-order valence-corrected chi connectivity index (χ0v) is 12.7. The highest BCUT2D eigenvalue weighted by atomic mass is 19.1. The van der Waals surface area contributed by atoms with Crippen LogP contribution in [0.3, 0.4) is 0 Å². The minimum absolute atomic E-state index is 0.0512. The number of nitrogens with one attached hydrogen (secondary N) is 1. The molecule has 2 rings (SSSR count). The molecule has 21 heavy (non-hydrogen) atoms. The molecule has 0 bridgehead atoms. The molecule has 2 aliphatic rings. The molecular formula is C14H23FN2O4. The Labute approximate surface area is 123 Å². The van der Waals surface area contributed by atoms with E-state index in [4.69, 9.17) is 9.47 Å². The summed E-state index contributed by atoms with van der Waals surface area (Å²) in [5, 5.41) is 12.8. The van der Waals surface area contributed by atoms with E-state index in [1.807, 2.05) is 20.8 Å². The predicted octanol–water partition coefficient (Wildman–Crippen LogP) is 1.15. The van der Waals surface area contributed by atoms with Crippen LogP contribution in [-0.2, 0) is 9.47 Å². The lowest BCUT2D eigenvalue weighted by molar-refractivity contribution is -0.0875. The lowest BCUT2D eigenvalue weighted by Crippen LogP contribution is -2.55. The Hall–Kier alpha value is -1.18. The molecule has 7 heteroatoms. The summed E-state index contributed by atoms with van der Waals surface area (Å²) < 4.78 is 25.7. The topological polar surface area (TPSA) is 71.0 Å². The van der Waals surface area contributed by atoms with Gasteiger partial charge in [-0.3, -0.25) is 4.90 Å². The number of alkyl halides is 1. The predicted molar refractivity (Wildman–Crippen MR) is 74.2 cm³/mol. The Balaban J connectivity index is 2.13. The lowest BCUT2D eigenvalue weighted by Gasteiger charge is -2.34. The Morgan fingerprint density at radius 3 is 2.86 bits per heavy atom. The molecule has 0 aromatic carbocycles. The second-order valence-corrected chi connectivity index (χ2v) is 5.99. The van der Waals surface area contributed by atoms with Crippen LogP contribution in [0.25, 0.3) is 0 Å². The normalized spacial score (nSPS) is 40.0. The van der Waals surface area contributed by atoms with Crippen LogP contribution >= 0.6 is 0 Å². The minimum atomic E-state index is -2.08. The molecular weight excluding hydrogens is 279 g/mol. The number of halogens is 1. The highest BCUT2D eigenvalue weighted by Crippen LogP contribution is 2.37. The summed E-state index contributed by atoms with van der Waals surface area (Å²) in [6.07, 6.45) is -0.188. The van der Waals surface area contributed by atoms with E-state index < -0.39 is 30.1 Å². The number of rotatable bonds is 4. The summed E-state index contributed by atoms with van der Waals surface area (Å²) in [6, 6.07) is -0.567. The van der Waals surface area contributed by atoms with Gasteiger partial charge in [0, 0.05) is 12.2 Å². The molecule has 2 aliphatic heterocycles. The van der Waals surface area contributed by atoms with Crippen molar-refractivity contribution in [3.63, 3.8) is 0 Å². The van der Waals surface area contributed by atoms with E-state index in [0.717, 1.165) is 4.90 Å². The first kappa shape index (κ1) is 16.2. The molecule has 2 heterocycles. The first-order valence-electron chi connectivity index (χ1n) is 7.14. The lowest BCUT2D eigenvalue weighted by atomic mass is 9.98. The number of hydrogen-bond acceptors (Lipinski definition) is 4. The third-order valence-corrected chi connectivity index (χ3v) is 3.68. The molecule has 6 nitrogen and oxygen atoms in total. The second kappa shape index (κ2) is 5.90. The van der Waals surface area contributed by atoms with Crippen molar-refractivity contribution in [1.82, 2.24) is 10.2 Å². The van der Waals surface area contributed by atoms with E-state index >= 15 is 0 Å². The van der Waals surface area contributed by atoms with Gasteiger partial charge in [0.1, 0.15) is 12.2 Å². The maximum atomic E-state index is 14.8. The Morgan fingerprint density at radius 2 is 2.29 bits per heavy atom. The minimum Gasteiger partial charge on any atom is -0.387 e. The molecule has 5 atom stereocenters. The van der Waals surface area contributed by atoms with Gasteiger partial charge in [0.2, 0.25) is 0 Å². The van der Waals surface area contributed by atoms with E-state index in [1.54, 1.807) is 6.08 Å². The Bertz CT molecular complexity index is 427. The summed E-state index contributed by atoms with van der Waals surface area (Å²) in [4.78, 5) is 13.1. The summed E-state index contributed by atoms with van der Waals surface area (Å²) >= 11 is 0. The molecule has 0 spiro atoms. The first-order valence-corrected chi connectivity index (χ1v) is 7.14. The summed E-state index contributed by atoms with van der Waals surface area (Å²) in [6.45, 7) is 6.80. The molecule has 0 radical (unpaired) electrons. The van der Waals surface area contributed by atoms with Crippen LogP contribution < -0.4 is 5.32 Å². The second-order valence-electron chi connectivity index (χ2n) is 5.99. The van der Waals surface area contributed by atoms with Gasteiger partial charge in [-0.15, -0.1) is 0 Å². The monoisotopic (exact) mass is 302 g/mol. The molecule has 1 unspecified atom stereocenters. The van der Waals surface area contributed by atoms with Gasteiger partial charge in [-0.2, -0.15) is 0 Å². The van der Waals surface area contributed by atoms with Crippen LogP contribution in [0.1, 0.15) is 27.7 Å². The highest BCUT2D eigenvalue weighted by molar-refractivity contribution is 5.77. The number of amides is 2. The number of hydrogen-bond donors (Lipinski definition) is 2. The first-order chi connectivity index (χ1) is 9.73. The third-order valence-electron chi connectivity index (χ3n) is 3.68. The van der Waals surface area contributed by atoms with Crippen molar-refractivity contribution in [3.05, 3.63) is 12.3 Å². The van der Waals surface area contributed by atoms with Crippen molar-refractivity contribution in [2.45, 2.75) is 63.9 Å². The number of ether oxygens (including phenoxy) is 2. The fourth-order valence-electron chi connectivity index (χ4n) is 2.43. The molecule has 1 fully saturated rings. The fourth-order valence-corrected chi connectivity index (χ4v) is 2.43. The van der Waals surface area contributed by atoms with Crippen molar-refractivity contribution in [3.8, 4) is 0 Å². The van der Waals surface area contributed by atoms with Gasteiger partial charge in [0.15, 0.2) is 11.9 Å². The molecule has 0 aromatic rings. The summed E-state index contributed by atoms with van der Waals surface area (Å²) in [7, 11) is 0. The zero-order chi connectivity index (χ0) is 15.8. The standard InChI is InChI=1S/C14H23FN2O4/c1-8(2)20-7-10-11(18)14(4,15)12(21-10)17-6-5-9(3)16-13(17)19/h5-6,8-12,18H,7H2,1-4H3,(H,16,19)/t9?,10-,11-,12-,14-/m1/s1. The van der Waals surface area contributed by atoms with Crippen molar-refractivity contribution in [1.29, 1.82) is 0 Å². The number of carbonyl (C=O) groups is 1. The molecule has 1 saturated heterocycles. The van der Waals surface area contributed by atoms with Crippen LogP contribution in [0.5, 0.6) is 0 Å². The van der Waals surface area contributed by atoms with Crippen molar-refractivity contribution in [2.75, 3.05) is 6.61 Å². The van der Waals surface area contributed by atoms with Crippen LogP contribution in [0.2, 0.25) is 0 Å². The molecule has 0 aromatic heterocycles. The maximum absolute atomic E-state index is 14.8. The number of aliphatic hydroxyl groups excluding tert-OH is 1. The van der Waals surface area contributed by atoms with Gasteiger partial charge in [-0.1, -0.05) is 0 Å². The molecule has 120 valence electrons. The van der Waals surface area contributed by atoms with E-state index in [2.05, 4.69) is 5.32 Å². The largest absolute Gasteiger partial charge is 0.387 e. The highest BCUT2D eigenvalue weighted by Gasteiger charge is 2.57. The zero-order valence-electron chi connectivity index (χ0n) is 12.7. The molecule has 2 N–H and O–H groups in total. The smallest absolute Gasteiger partial charge is 0.324 e. The third kappa shape index (κ3) is 3.20. The maximum Gasteiger partial charge on any atom is 0.324 e. The fraction of sp³-hybridized carbons (Fsp3) is 0.786. The van der Waals surface area contributed by atoms with Crippen molar-refractivity contribution >= 4 is 6.03 Å². The molecule has 0 aliphatic carbocycles. The average molecular weight is 302 g/mol. The Morgan fingerprint density at radius 1 is 1.62 bits per heavy atom. The number of carbonyl (C=O) groups excluding carboxylic acids is 1. The van der Waals surface area contributed by atoms with Gasteiger partial charge in [0.25, 0.3) is 0 Å². The van der Waals surface area contributed by atoms with E-state index in [0.29, 0.717) is 0 Å². The van der Waals surface area contributed by atoms with Gasteiger partial charge in [-0.25, -0.2) is 9.18 Å². The van der Waals surface area contributed by atoms with E-state index in [-0.39, 0.29) is 18.8 Å². The van der Waals surface area contributed by atoms with Gasteiger partial charge < -0.3 is 19.9 Å². The summed E-state index contributed by atoms with van der Waals surface area (Å²) in [5.74, 6) is 0.